The first-order valence-electron chi connectivity index (χ1n) is 5.34. The van der Waals surface area contributed by atoms with E-state index in [9.17, 15) is 8.42 Å². The summed E-state index contributed by atoms with van der Waals surface area (Å²) in [5, 5.41) is 3.32. The molecule has 3 unspecified atom stereocenters. The van der Waals surface area contributed by atoms with E-state index in [4.69, 9.17) is 0 Å². The second-order valence-corrected chi connectivity index (χ2v) is 6.78. The van der Waals surface area contributed by atoms with E-state index in [1.165, 1.54) is 4.31 Å². The predicted octanol–water partition coefficient (Wildman–Crippen LogP) is -0.667. The molecular formula is C9H19N3O2S. The second-order valence-electron chi connectivity index (χ2n) is 4.68. The minimum Gasteiger partial charge on any atom is -0.316 e. The zero-order valence-corrected chi connectivity index (χ0v) is 10.3. The largest absolute Gasteiger partial charge is 0.316 e. The van der Waals surface area contributed by atoms with Crippen LogP contribution >= 0.6 is 0 Å². The lowest BCUT2D eigenvalue weighted by molar-refractivity contribution is 0.337. The van der Waals surface area contributed by atoms with Gasteiger partial charge >= 0.3 is 0 Å². The van der Waals surface area contributed by atoms with Crippen molar-refractivity contribution in [1.29, 1.82) is 0 Å². The lowest BCUT2D eigenvalue weighted by Crippen LogP contribution is -2.44. The maximum atomic E-state index is 12.0. The third-order valence-corrected chi connectivity index (χ3v) is 5.64. The molecule has 88 valence electrons. The number of hydrogen-bond donors (Lipinski definition) is 1. The fraction of sp³-hybridized carbons (Fsp3) is 1.00. The molecule has 0 aromatic carbocycles. The fourth-order valence-electron chi connectivity index (χ4n) is 2.64. The van der Waals surface area contributed by atoms with Gasteiger partial charge < -0.3 is 5.32 Å². The van der Waals surface area contributed by atoms with Crippen LogP contribution in [0.2, 0.25) is 0 Å². The smallest absolute Gasteiger partial charge is 0.281 e. The van der Waals surface area contributed by atoms with Gasteiger partial charge in [0.2, 0.25) is 0 Å². The quantitative estimate of drug-likeness (QED) is 0.688. The van der Waals surface area contributed by atoms with Crippen molar-refractivity contribution in [2.75, 3.05) is 33.7 Å². The summed E-state index contributed by atoms with van der Waals surface area (Å²) in [6, 6.07) is 0.123. The summed E-state index contributed by atoms with van der Waals surface area (Å²) in [6.07, 6.45) is 0. The molecule has 0 aromatic rings. The summed E-state index contributed by atoms with van der Waals surface area (Å²) in [4.78, 5) is 0. The first kappa shape index (κ1) is 11.3. The first-order valence-corrected chi connectivity index (χ1v) is 6.74. The van der Waals surface area contributed by atoms with Crippen LogP contribution in [0.3, 0.4) is 0 Å². The van der Waals surface area contributed by atoms with Crippen molar-refractivity contribution in [2.24, 2.45) is 11.8 Å². The van der Waals surface area contributed by atoms with Gasteiger partial charge in [0, 0.05) is 26.7 Å². The van der Waals surface area contributed by atoms with Gasteiger partial charge in [-0.2, -0.15) is 17.0 Å². The molecule has 2 saturated heterocycles. The lowest BCUT2D eigenvalue weighted by atomic mass is 9.95. The monoisotopic (exact) mass is 233 g/mol. The van der Waals surface area contributed by atoms with Crippen LogP contribution in [0.15, 0.2) is 0 Å². The maximum absolute atomic E-state index is 12.0. The molecule has 0 aliphatic carbocycles. The summed E-state index contributed by atoms with van der Waals surface area (Å²) >= 11 is 0. The predicted molar refractivity (Wildman–Crippen MR) is 58.6 cm³/mol. The standard InChI is InChI=1S/C9H19N3O2S/c1-7-9-5-10-4-8(9)6-12(7)15(13,14)11(2)3/h7-10H,4-6H2,1-3H3. The van der Waals surface area contributed by atoms with Crippen LogP contribution in [0.5, 0.6) is 0 Å². The van der Waals surface area contributed by atoms with Gasteiger partial charge in [-0.1, -0.05) is 0 Å². The SMILES string of the molecule is CC1C2CNCC2CN1S(=O)(=O)N(C)C. The van der Waals surface area contributed by atoms with Crippen LogP contribution in [0.1, 0.15) is 6.92 Å². The molecule has 0 amide bonds. The van der Waals surface area contributed by atoms with Crippen molar-refractivity contribution >= 4 is 10.2 Å². The maximum Gasteiger partial charge on any atom is 0.281 e. The highest BCUT2D eigenvalue weighted by molar-refractivity contribution is 7.86. The molecule has 2 heterocycles. The highest BCUT2D eigenvalue weighted by atomic mass is 32.2. The van der Waals surface area contributed by atoms with E-state index in [0.29, 0.717) is 18.4 Å². The zero-order chi connectivity index (χ0) is 11.2. The number of nitrogens with one attached hydrogen (secondary N) is 1. The number of fused-ring (bicyclic) bond motifs is 1. The van der Waals surface area contributed by atoms with Gasteiger partial charge in [-0.05, 0) is 31.8 Å². The number of hydrogen-bond acceptors (Lipinski definition) is 3. The molecule has 3 atom stereocenters. The van der Waals surface area contributed by atoms with Crippen LogP contribution in [0.25, 0.3) is 0 Å². The molecule has 0 spiro atoms. The van der Waals surface area contributed by atoms with Gasteiger partial charge in [-0.3, -0.25) is 0 Å². The highest BCUT2D eigenvalue weighted by Gasteiger charge is 2.46. The normalized spacial score (nSPS) is 37.5. The van der Waals surface area contributed by atoms with Crippen molar-refractivity contribution in [3.63, 3.8) is 0 Å². The van der Waals surface area contributed by atoms with E-state index >= 15 is 0 Å². The molecule has 0 radical (unpaired) electrons. The molecule has 0 bridgehead atoms. The first-order chi connectivity index (χ1) is 6.94. The van der Waals surface area contributed by atoms with E-state index in [-0.39, 0.29) is 6.04 Å². The molecule has 0 saturated carbocycles. The van der Waals surface area contributed by atoms with E-state index in [2.05, 4.69) is 5.32 Å². The molecular weight excluding hydrogens is 214 g/mol. The molecule has 2 fully saturated rings. The van der Waals surface area contributed by atoms with Crippen LogP contribution in [-0.2, 0) is 10.2 Å². The van der Waals surface area contributed by atoms with Gasteiger partial charge in [-0.15, -0.1) is 0 Å². The Labute approximate surface area is 91.6 Å². The van der Waals surface area contributed by atoms with Crippen molar-refractivity contribution in [3.8, 4) is 0 Å². The molecule has 2 aliphatic rings. The Morgan fingerprint density at radius 1 is 1.33 bits per heavy atom. The summed E-state index contributed by atoms with van der Waals surface area (Å²) in [6.45, 7) is 4.58. The third kappa shape index (κ3) is 1.69. The molecule has 1 N–H and O–H groups in total. The Hall–Kier alpha value is -0.170. The average molecular weight is 233 g/mol. The van der Waals surface area contributed by atoms with Gasteiger partial charge in [0.05, 0.1) is 0 Å². The van der Waals surface area contributed by atoms with E-state index in [0.717, 1.165) is 13.1 Å². The third-order valence-electron chi connectivity index (χ3n) is 3.64. The average Bonchev–Trinajstić information content (AvgIpc) is 2.69. The summed E-state index contributed by atoms with van der Waals surface area (Å²) in [5.41, 5.74) is 0. The minimum absolute atomic E-state index is 0.123. The zero-order valence-electron chi connectivity index (χ0n) is 9.47. The lowest BCUT2D eigenvalue weighted by Gasteiger charge is -2.26. The Balaban J connectivity index is 2.20. The highest BCUT2D eigenvalue weighted by Crippen LogP contribution is 2.34. The van der Waals surface area contributed by atoms with Crippen LogP contribution in [0, 0.1) is 11.8 Å². The van der Waals surface area contributed by atoms with Gasteiger partial charge in [0.25, 0.3) is 10.2 Å². The Bertz CT molecular complexity index is 341. The Morgan fingerprint density at radius 3 is 2.53 bits per heavy atom. The van der Waals surface area contributed by atoms with Crippen molar-refractivity contribution in [2.45, 2.75) is 13.0 Å². The molecule has 6 heteroatoms. The van der Waals surface area contributed by atoms with Crippen LogP contribution < -0.4 is 5.32 Å². The summed E-state index contributed by atoms with van der Waals surface area (Å²) in [7, 11) is -0.0456. The molecule has 0 aromatic heterocycles. The summed E-state index contributed by atoms with van der Waals surface area (Å²) in [5.74, 6) is 0.981. The van der Waals surface area contributed by atoms with E-state index in [1.54, 1.807) is 18.4 Å². The Kier molecular flexibility index (Phi) is 2.79. The minimum atomic E-state index is -3.23. The Morgan fingerprint density at radius 2 is 2.00 bits per heavy atom. The van der Waals surface area contributed by atoms with Crippen LogP contribution in [-0.4, -0.2) is 56.8 Å². The molecule has 2 rings (SSSR count). The van der Waals surface area contributed by atoms with Gasteiger partial charge in [-0.25, -0.2) is 0 Å². The summed E-state index contributed by atoms with van der Waals surface area (Å²) < 4.78 is 27.0. The van der Waals surface area contributed by atoms with Gasteiger partial charge in [0.15, 0.2) is 0 Å². The number of rotatable bonds is 2. The molecule has 15 heavy (non-hydrogen) atoms. The molecule has 5 nitrogen and oxygen atoms in total. The van der Waals surface area contributed by atoms with Crippen molar-refractivity contribution in [3.05, 3.63) is 0 Å². The van der Waals surface area contributed by atoms with E-state index in [1.807, 2.05) is 6.92 Å². The second kappa shape index (κ2) is 3.69. The van der Waals surface area contributed by atoms with E-state index < -0.39 is 10.2 Å². The van der Waals surface area contributed by atoms with Gasteiger partial charge in [0.1, 0.15) is 0 Å². The fourth-order valence-corrected chi connectivity index (χ4v) is 4.02. The van der Waals surface area contributed by atoms with Crippen LogP contribution in [0.4, 0.5) is 0 Å². The topological polar surface area (TPSA) is 52.7 Å². The van der Waals surface area contributed by atoms with Crippen molar-refractivity contribution < 1.29 is 8.42 Å². The molecule has 2 aliphatic heterocycles. The number of nitrogens with zero attached hydrogens (tertiary/aromatic N) is 2. The van der Waals surface area contributed by atoms with Crippen molar-refractivity contribution in [1.82, 2.24) is 13.9 Å².